The van der Waals surface area contributed by atoms with Crippen molar-refractivity contribution >= 4 is 24.0 Å². The molecule has 1 amide bonds. The third-order valence-electron chi connectivity index (χ3n) is 4.88. The van der Waals surface area contributed by atoms with Crippen molar-refractivity contribution in [3.8, 4) is 11.1 Å². The summed E-state index contributed by atoms with van der Waals surface area (Å²) in [6, 6.07) is 15.8. The molecule has 0 N–H and O–H groups in total. The molecule has 2 aromatic rings. The molecule has 28 heavy (non-hydrogen) atoms. The second kappa shape index (κ2) is 8.36. The second-order valence-electron chi connectivity index (χ2n) is 8.31. The van der Waals surface area contributed by atoms with Gasteiger partial charge in [0.1, 0.15) is 11.9 Å². The number of benzene rings is 2. The monoisotopic (exact) mass is 399 g/mol. The lowest BCUT2D eigenvalue weighted by Crippen LogP contribution is -2.49. The number of amides is 1. The molecule has 0 heterocycles. The molecule has 3 rings (SSSR count). The average molecular weight is 400 g/mol. The van der Waals surface area contributed by atoms with Gasteiger partial charge in [0.2, 0.25) is 0 Å². The van der Waals surface area contributed by atoms with Crippen molar-refractivity contribution in [1.82, 2.24) is 4.90 Å². The summed E-state index contributed by atoms with van der Waals surface area (Å²) in [7, 11) is 0. The zero-order chi connectivity index (χ0) is 20.3. The number of ether oxygens (including phenoxy) is 1. The van der Waals surface area contributed by atoms with Gasteiger partial charge in [-0.05, 0) is 50.8 Å². The van der Waals surface area contributed by atoms with Crippen molar-refractivity contribution in [2.45, 2.75) is 51.8 Å². The highest BCUT2D eigenvalue weighted by Gasteiger charge is 2.37. The Balaban J connectivity index is 1.79. The van der Waals surface area contributed by atoms with Gasteiger partial charge >= 0.3 is 6.09 Å². The first-order chi connectivity index (χ1) is 13.3. The predicted molar refractivity (Wildman–Crippen MR) is 111 cm³/mol. The van der Waals surface area contributed by atoms with Crippen LogP contribution in [0.3, 0.4) is 0 Å². The van der Waals surface area contributed by atoms with E-state index in [1.807, 2.05) is 69.3 Å². The number of hydrogen-bond donors (Lipinski definition) is 0. The summed E-state index contributed by atoms with van der Waals surface area (Å²) >= 11 is 6.53. The van der Waals surface area contributed by atoms with E-state index in [4.69, 9.17) is 16.3 Å². The van der Waals surface area contributed by atoms with E-state index in [1.54, 1.807) is 4.90 Å². The molecule has 5 heteroatoms. The van der Waals surface area contributed by atoms with Crippen LogP contribution < -0.4 is 0 Å². The van der Waals surface area contributed by atoms with Crippen LogP contribution in [0.1, 0.15) is 39.2 Å². The first kappa shape index (κ1) is 20.4. The maximum Gasteiger partial charge on any atom is 0.410 e. The fourth-order valence-corrected chi connectivity index (χ4v) is 3.68. The largest absolute Gasteiger partial charge is 0.444 e. The smallest absolute Gasteiger partial charge is 0.410 e. The van der Waals surface area contributed by atoms with E-state index < -0.39 is 5.60 Å². The maximum absolute atomic E-state index is 12.7. The number of carbonyl (C=O) groups is 2. The first-order valence-electron chi connectivity index (χ1n) is 9.55. The fraction of sp³-hybridized carbons (Fsp3) is 0.391. The molecule has 1 aliphatic carbocycles. The summed E-state index contributed by atoms with van der Waals surface area (Å²) < 4.78 is 5.59. The van der Waals surface area contributed by atoms with Gasteiger partial charge in [-0.2, -0.15) is 0 Å². The van der Waals surface area contributed by atoms with Crippen molar-refractivity contribution in [2.24, 2.45) is 5.92 Å². The van der Waals surface area contributed by atoms with Crippen molar-refractivity contribution in [2.75, 3.05) is 0 Å². The Morgan fingerprint density at radius 2 is 1.86 bits per heavy atom. The summed E-state index contributed by atoms with van der Waals surface area (Å²) in [6.45, 7) is 5.96. The van der Waals surface area contributed by atoms with Gasteiger partial charge in [0, 0.05) is 29.1 Å². The van der Waals surface area contributed by atoms with Crippen LogP contribution in [0.4, 0.5) is 4.79 Å². The zero-order valence-corrected chi connectivity index (χ0v) is 17.3. The lowest BCUT2D eigenvalue weighted by Gasteiger charge is -2.41. The fourth-order valence-electron chi connectivity index (χ4n) is 3.36. The number of rotatable bonds is 5. The Morgan fingerprint density at radius 1 is 1.18 bits per heavy atom. The molecule has 0 spiro atoms. The van der Waals surface area contributed by atoms with E-state index in [0.29, 0.717) is 24.4 Å². The molecule has 0 radical (unpaired) electrons. The summed E-state index contributed by atoms with van der Waals surface area (Å²) in [5.74, 6) is 0.0268. The molecule has 0 aliphatic heterocycles. The molecular formula is C23H26ClNO3. The lowest BCUT2D eigenvalue weighted by molar-refractivity contribution is -0.115. The van der Waals surface area contributed by atoms with Crippen LogP contribution in [0, 0.1) is 5.92 Å². The SMILES string of the molecule is CC(C)(C)OC(=O)N(Cc1ccc(-c2ccccc2)c(Cl)c1)C1CC(C=O)C1. The van der Waals surface area contributed by atoms with E-state index in [1.165, 1.54) is 0 Å². The molecule has 0 aromatic heterocycles. The zero-order valence-electron chi connectivity index (χ0n) is 16.5. The standard InChI is InChI=1S/C23H26ClNO3/c1-23(2,3)28-22(27)25(19-11-17(12-19)15-26)14-16-9-10-20(21(24)13-16)18-7-5-4-6-8-18/h4-10,13,15,17,19H,11-12,14H2,1-3H3. The van der Waals surface area contributed by atoms with E-state index in [9.17, 15) is 9.59 Å². The Kier molecular flexibility index (Phi) is 6.09. The number of halogens is 1. The topological polar surface area (TPSA) is 46.6 Å². The predicted octanol–water partition coefficient (Wildman–Crippen LogP) is 5.72. The minimum absolute atomic E-state index is 0.0117. The van der Waals surface area contributed by atoms with Gasteiger partial charge in [0.05, 0.1) is 0 Å². The van der Waals surface area contributed by atoms with Crippen LogP contribution in [-0.2, 0) is 16.1 Å². The van der Waals surface area contributed by atoms with Gasteiger partial charge in [-0.3, -0.25) is 0 Å². The number of nitrogens with zero attached hydrogens (tertiary/aromatic N) is 1. The van der Waals surface area contributed by atoms with E-state index in [0.717, 1.165) is 23.0 Å². The molecule has 0 unspecified atom stereocenters. The van der Waals surface area contributed by atoms with Crippen molar-refractivity contribution < 1.29 is 14.3 Å². The van der Waals surface area contributed by atoms with Gasteiger partial charge in [-0.25, -0.2) is 4.79 Å². The second-order valence-corrected chi connectivity index (χ2v) is 8.72. The maximum atomic E-state index is 12.7. The van der Waals surface area contributed by atoms with E-state index >= 15 is 0 Å². The third-order valence-corrected chi connectivity index (χ3v) is 5.19. The minimum Gasteiger partial charge on any atom is -0.444 e. The van der Waals surface area contributed by atoms with E-state index in [-0.39, 0.29) is 18.1 Å². The molecular weight excluding hydrogens is 374 g/mol. The van der Waals surface area contributed by atoms with Gasteiger partial charge in [-0.1, -0.05) is 54.1 Å². The molecule has 0 atom stereocenters. The number of hydrogen-bond acceptors (Lipinski definition) is 3. The summed E-state index contributed by atoms with van der Waals surface area (Å²) in [5.41, 5.74) is 2.37. The molecule has 1 saturated carbocycles. The number of carbonyl (C=O) groups excluding carboxylic acids is 2. The molecule has 0 bridgehead atoms. The molecule has 1 aliphatic rings. The summed E-state index contributed by atoms with van der Waals surface area (Å²) in [5, 5.41) is 0.646. The van der Waals surface area contributed by atoms with Crippen LogP contribution in [-0.4, -0.2) is 28.9 Å². The van der Waals surface area contributed by atoms with Gasteiger partial charge < -0.3 is 14.4 Å². The van der Waals surface area contributed by atoms with Crippen molar-refractivity contribution in [1.29, 1.82) is 0 Å². The third kappa shape index (κ3) is 4.93. The molecule has 4 nitrogen and oxygen atoms in total. The van der Waals surface area contributed by atoms with Crippen LogP contribution >= 0.6 is 11.6 Å². The Morgan fingerprint density at radius 3 is 2.43 bits per heavy atom. The van der Waals surface area contributed by atoms with Crippen LogP contribution in [0.15, 0.2) is 48.5 Å². The van der Waals surface area contributed by atoms with Crippen molar-refractivity contribution in [3.63, 3.8) is 0 Å². The summed E-state index contributed by atoms with van der Waals surface area (Å²) in [6.07, 6.45) is 1.97. The van der Waals surface area contributed by atoms with Crippen LogP contribution in [0.2, 0.25) is 5.02 Å². The van der Waals surface area contributed by atoms with Crippen LogP contribution in [0.5, 0.6) is 0 Å². The Bertz CT molecular complexity index is 839. The van der Waals surface area contributed by atoms with Crippen molar-refractivity contribution in [3.05, 3.63) is 59.1 Å². The average Bonchev–Trinajstić information content (AvgIpc) is 2.59. The Hall–Kier alpha value is -2.33. The summed E-state index contributed by atoms with van der Waals surface area (Å²) in [4.78, 5) is 25.4. The highest BCUT2D eigenvalue weighted by atomic mass is 35.5. The quantitative estimate of drug-likeness (QED) is 0.604. The van der Waals surface area contributed by atoms with E-state index in [2.05, 4.69) is 0 Å². The van der Waals surface area contributed by atoms with Gasteiger partial charge in [-0.15, -0.1) is 0 Å². The Labute approximate surface area is 171 Å². The normalized spacial score (nSPS) is 18.9. The van der Waals surface area contributed by atoms with Crippen LogP contribution in [0.25, 0.3) is 11.1 Å². The lowest BCUT2D eigenvalue weighted by atomic mass is 9.80. The molecule has 1 fully saturated rings. The first-order valence-corrected chi connectivity index (χ1v) is 9.93. The molecule has 0 saturated heterocycles. The highest BCUT2D eigenvalue weighted by molar-refractivity contribution is 6.33. The van der Waals surface area contributed by atoms with Gasteiger partial charge in [0.25, 0.3) is 0 Å². The van der Waals surface area contributed by atoms with Gasteiger partial charge in [0.15, 0.2) is 0 Å². The highest BCUT2D eigenvalue weighted by Crippen LogP contribution is 2.34. The number of aldehydes is 1. The molecule has 2 aromatic carbocycles. The minimum atomic E-state index is -0.571. The molecule has 148 valence electrons.